The zero-order chi connectivity index (χ0) is 15.0. The van der Waals surface area contributed by atoms with Gasteiger partial charge < -0.3 is 14.8 Å². The van der Waals surface area contributed by atoms with Gasteiger partial charge in [-0.3, -0.25) is 4.79 Å². The van der Waals surface area contributed by atoms with Crippen molar-refractivity contribution in [2.45, 2.75) is 6.92 Å². The van der Waals surface area contributed by atoms with Crippen LogP contribution in [0.3, 0.4) is 0 Å². The minimum atomic E-state index is -1.32. The summed E-state index contributed by atoms with van der Waals surface area (Å²) in [5.41, 5.74) is -0.477. The molecule has 0 saturated heterocycles. The smallest absolute Gasteiger partial charge is 0.358 e. The van der Waals surface area contributed by atoms with Gasteiger partial charge in [-0.2, -0.15) is 5.10 Å². The minimum absolute atomic E-state index is 0.151. The Labute approximate surface area is 121 Å². The predicted molar refractivity (Wildman–Crippen MR) is 75.0 cm³/mol. The van der Waals surface area contributed by atoms with Crippen molar-refractivity contribution in [2.24, 2.45) is 0 Å². The van der Waals surface area contributed by atoms with Crippen LogP contribution in [0, 0.1) is 0 Å². The number of rotatable bonds is 4. The van der Waals surface area contributed by atoms with E-state index in [2.05, 4.69) is 15.1 Å². The van der Waals surface area contributed by atoms with Gasteiger partial charge in [0.15, 0.2) is 5.69 Å². The molecule has 0 fully saturated rings. The quantitative estimate of drug-likeness (QED) is 0.750. The van der Waals surface area contributed by atoms with Gasteiger partial charge >= 0.3 is 5.97 Å². The summed E-state index contributed by atoms with van der Waals surface area (Å²) in [4.78, 5) is 30.6. The summed E-state index contributed by atoms with van der Waals surface area (Å²) in [6.07, 6.45) is 3.28. The number of aromatic nitrogens is 4. The van der Waals surface area contributed by atoms with Crippen LogP contribution in [-0.4, -0.2) is 37.3 Å². The normalized spacial score (nSPS) is 10.9. The van der Waals surface area contributed by atoms with E-state index in [4.69, 9.17) is 4.74 Å². The molecule has 0 radical (unpaired) electrons. The van der Waals surface area contributed by atoms with Crippen LogP contribution < -0.4 is 10.3 Å². The molecule has 3 rings (SSSR count). The zero-order valence-corrected chi connectivity index (χ0v) is 11.7. The third kappa shape index (κ3) is 2.17. The molecule has 0 aliphatic heterocycles. The van der Waals surface area contributed by atoms with E-state index in [0.29, 0.717) is 5.56 Å². The van der Waals surface area contributed by atoms with Crippen molar-refractivity contribution in [3.05, 3.63) is 33.8 Å². The first-order valence-electron chi connectivity index (χ1n) is 6.03. The highest BCUT2D eigenvalue weighted by Gasteiger charge is 2.21. The lowest BCUT2D eigenvalue weighted by Crippen LogP contribution is -2.19. The molecule has 21 heavy (non-hydrogen) atoms. The van der Waals surface area contributed by atoms with Crippen molar-refractivity contribution in [2.75, 3.05) is 6.61 Å². The molecular weight excluding hydrogens is 296 g/mol. The lowest BCUT2D eigenvalue weighted by molar-refractivity contribution is 0.0685. The molecule has 2 N–H and O–H groups in total. The van der Waals surface area contributed by atoms with Crippen molar-refractivity contribution in [1.29, 1.82) is 0 Å². The fourth-order valence-electron chi connectivity index (χ4n) is 1.90. The molecule has 8 nitrogen and oxygen atoms in total. The topological polar surface area (TPSA) is 110 Å². The first kappa shape index (κ1) is 13.3. The Balaban J connectivity index is 2.23. The Bertz CT molecular complexity index is 879. The molecule has 9 heteroatoms. The second kappa shape index (κ2) is 5.02. The van der Waals surface area contributed by atoms with Crippen molar-refractivity contribution >= 4 is 22.1 Å². The molecule has 0 saturated carbocycles. The second-order valence-corrected chi connectivity index (χ2v) is 4.94. The van der Waals surface area contributed by atoms with Gasteiger partial charge in [-0.05, 0) is 6.92 Å². The third-order valence-corrected chi connectivity index (χ3v) is 3.64. The number of aromatic carboxylic acids is 1. The summed E-state index contributed by atoms with van der Waals surface area (Å²) in [6.45, 7) is 1.83. The number of aromatic amines is 1. The number of carboxylic acid groups (broad SMARTS) is 1. The van der Waals surface area contributed by atoms with Crippen LogP contribution in [0.5, 0.6) is 5.75 Å². The number of hydrogen-bond acceptors (Lipinski definition) is 6. The van der Waals surface area contributed by atoms with E-state index < -0.39 is 17.2 Å². The van der Waals surface area contributed by atoms with Crippen molar-refractivity contribution in [1.82, 2.24) is 19.6 Å². The molecular formula is C12H10N4O4S. The van der Waals surface area contributed by atoms with Crippen molar-refractivity contribution in [3.8, 4) is 17.1 Å². The van der Waals surface area contributed by atoms with Crippen LogP contribution in [0.2, 0.25) is 0 Å². The number of carbonyl (C=O) groups is 1. The largest absolute Gasteiger partial charge is 0.486 e. The lowest BCUT2D eigenvalue weighted by atomic mass is 10.3. The van der Waals surface area contributed by atoms with E-state index in [0.717, 1.165) is 4.83 Å². The molecule has 0 bridgehead atoms. The van der Waals surface area contributed by atoms with Crippen molar-refractivity contribution in [3.63, 3.8) is 0 Å². The number of nitrogens with one attached hydrogen (secondary N) is 1. The molecule has 3 aromatic heterocycles. The molecule has 0 aliphatic rings. The number of ether oxygens (including phenoxy) is 1. The highest BCUT2D eigenvalue weighted by atomic mass is 32.1. The maximum Gasteiger partial charge on any atom is 0.358 e. The fraction of sp³-hybridized carbons (Fsp3) is 0.167. The summed E-state index contributed by atoms with van der Waals surface area (Å²) in [5, 5.41) is 15.1. The SMILES string of the molecule is CCOc1c(C(=O)O)nc(-c2cnn3ccsc23)[nH]c1=O. The molecule has 3 heterocycles. The highest BCUT2D eigenvalue weighted by Crippen LogP contribution is 2.25. The summed E-state index contributed by atoms with van der Waals surface area (Å²) in [7, 11) is 0. The number of thiazole rings is 1. The Morgan fingerprint density at radius 2 is 2.38 bits per heavy atom. The van der Waals surface area contributed by atoms with Crippen LogP contribution in [0.1, 0.15) is 17.4 Å². The van der Waals surface area contributed by atoms with E-state index in [1.165, 1.54) is 17.5 Å². The Hall–Kier alpha value is -2.68. The monoisotopic (exact) mass is 306 g/mol. The summed E-state index contributed by atoms with van der Waals surface area (Å²) >= 11 is 1.41. The van der Waals surface area contributed by atoms with Crippen LogP contribution in [-0.2, 0) is 0 Å². The van der Waals surface area contributed by atoms with Gasteiger partial charge in [-0.1, -0.05) is 0 Å². The van der Waals surface area contributed by atoms with E-state index >= 15 is 0 Å². The first-order valence-corrected chi connectivity index (χ1v) is 6.91. The fourth-order valence-corrected chi connectivity index (χ4v) is 2.70. The molecule has 3 aromatic rings. The lowest BCUT2D eigenvalue weighted by Gasteiger charge is -2.06. The Morgan fingerprint density at radius 1 is 1.57 bits per heavy atom. The van der Waals surface area contributed by atoms with E-state index in [1.54, 1.807) is 17.6 Å². The third-order valence-electron chi connectivity index (χ3n) is 2.75. The second-order valence-electron chi connectivity index (χ2n) is 4.04. The first-order chi connectivity index (χ1) is 10.1. The standard InChI is InChI=1S/C12H10N4O4S/c1-2-20-8-7(12(18)19)14-9(15-10(8)17)6-5-13-16-3-4-21-11(6)16/h3-5H,2H2,1H3,(H,18,19)(H,14,15,17). The number of nitrogens with zero attached hydrogens (tertiary/aromatic N) is 3. The maximum absolute atomic E-state index is 12.0. The van der Waals surface area contributed by atoms with E-state index in [1.807, 2.05) is 5.38 Å². The molecule has 0 spiro atoms. The van der Waals surface area contributed by atoms with Crippen LogP contribution >= 0.6 is 11.3 Å². The number of fused-ring (bicyclic) bond motifs is 1. The van der Waals surface area contributed by atoms with Gasteiger partial charge in [0.2, 0.25) is 5.75 Å². The van der Waals surface area contributed by atoms with E-state index in [-0.39, 0.29) is 18.2 Å². The van der Waals surface area contributed by atoms with Crippen molar-refractivity contribution < 1.29 is 14.6 Å². The molecule has 0 aromatic carbocycles. The van der Waals surface area contributed by atoms with Gasteiger partial charge in [-0.15, -0.1) is 11.3 Å². The van der Waals surface area contributed by atoms with Gasteiger partial charge in [-0.25, -0.2) is 14.3 Å². The van der Waals surface area contributed by atoms with Crippen LogP contribution in [0.25, 0.3) is 16.2 Å². The van der Waals surface area contributed by atoms with E-state index in [9.17, 15) is 14.7 Å². The summed E-state index contributed by atoms with van der Waals surface area (Å²) < 4.78 is 6.69. The maximum atomic E-state index is 12.0. The Kier molecular flexibility index (Phi) is 3.18. The highest BCUT2D eigenvalue weighted by molar-refractivity contribution is 7.16. The molecule has 108 valence electrons. The van der Waals surface area contributed by atoms with Gasteiger partial charge in [0, 0.05) is 11.6 Å². The molecule has 0 amide bonds. The summed E-state index contributed by atoms with van der Waals surface area (Å²) in [5.74, 6) is -1.46. The zero-order valence-electron chi connectivity index (χ0n) is 10.9. The van der Waals surface area contributed by atoms with Crippen LogP contribution in [0.4, 0.5) is 0 Å². The molecule has 0 aliphatic carbocycles. The average Bonchev–Trinajstić information content (AvgIpc) is 3.03. The molecule has 0 atom stereocenters. The minimum Gasteiger partial charge on any atom is -0.486 e. The average molecular weight is 306 g/mol. The van der Waals surface area contributed by atoms with Gasteiger partial charge in [0.1, 0.15) is 10.7 Å². The van der Waals surface area contributed by atoms with Gasteiger partial charge in [0.25, 0.3) is 5.56 Å². The summed E-state index contributed by atoms with van der Waals surface area (Å²) in [6, 6.07) is 0. The molecule has 0 unspecified atom stereocenters. The number of H-pyrrole nitrogens is 1. The Morgan fingerprint density at radius 3 is 3.10 bits per heavy atom. The van der Waals surface area contributed by atoms with Crippen LogP contribution in [0.15, 0.2) is 22.6 Å². The van der Waals surface area contributed by atoms with Gasteiger partial charge in [0.05, 0.1) is 18.4 Å². The number of hydrogen-bond donors (Lipinski definition) is 2. The predicted octanol–water partition coefficient (Wildman–Crippen LogP) is 1.24. The number of carboxylic acids is 1.